The third kappa shape index (κ3) is 4.90. The molecule has 0 unspecified atom stereocenters. The second kappa shape index (κ2) is 10.1. The molecule has 2 aliphatic rings. The number of methoxy groups -OCH3 is 1. The molecule has 1 saturated heterocycles. The van der Waals surface area contributed by atoms with Gasteiger partial charge in [-0.2, -0.15) is 0 Å². The van der Waals surface area contributed by atoms with Crippen LogP contribution in [0.3, 0.4) is 0 Å². The van der Waals surface area contributed by atoms with Crippen LogP contribution in [-0.2, 0) is 9.59 Å². The Bertz CT molecular complexity index is 993. The van der Waals surface area contributed by atoms with Crippen molar-refractivity contribution in [3.63, 3.8) is 0 Å². The second-order valence-corrected chi connectivity index (χ2v) is 8.37. The first kappa shape index (κ1) is 22.9. The Kier molecular flexibility index (Phi) is 7.03. The highest BCUT2D eigenvalue weighted by molar-refractivity contribution is 5.79. The van der Waals surface area contributed by atoms with E-state index < -0.39 is 17.9 Å². The predicted molar refractivity (Wildman–Crippen MR) is 122 cm³/mol. The van der Waals surface area contributed by atoms with E-state index in [1.807, 2.05) is 54.3 Å². The monoisotopic (exact) mass is 454 g/mol. The van der Waals surface area contributed by atoms with E-state index in [4.69, 9.17) is 14.2 Å². The number of carbonyl (C=O) groups excluding carboxylic acids is 1. The summed E-state index contributed by atoms with van der Waals surface area (Å²) in [6, 6.07) is 12.6. The second-order valence-electron chi connectivity index (χ2n) is 8.37. The van der Waals surface area contributed by atoms with Crippen molar-refractivity contribution < 1.29 is 28.9 Å². The van der Waals surface area contributed by atoms with Crippen molar-refractivity contribution in [2.24, 2.45) is 5.92 Å². The normalized spacial score (nSPS) is 22.1. The van der Waals surface area contributed by atoms with Crippen LogP contribution in [0.2, 0.25) is 0 Å². The summed E-state index contributed by atoms with van der Waals surface area (Å²) in [7, 11) is 1.59. The number of ether oxygens (including phenoxy) is 3. The first-order chi connectivity index (χ1) is 16.0. The molecule has 2 aliphatic heterocycles. The highest BCUT2D eigenvalue weighted by Gasteiger charge is 2.48. The molecule has 2 aromatic carbocycles. The number of likely N-dealkylation sites (tertiary alicyclic amines) is 1. The van der Waals surface area contributed by atoms with Crippen LogP contribution in [-0.4, -0.2) is 61.8 Å². The molecule has 33 heavy (non-hydrogen) atoms. The Morgan fingerprint density at radius 2 is 1.79 bits per heavy atom. The molecule has 0 saturated carbocycles. The van der Waals surface area contributed by atoms with Crippen LogP contribution in [0, 0.1) is 5.92 Å². The van der Waals surface area contributed by atoms with Crippen LogP contribution >= 0.6 is 0 Å². The van der Waals surface area contributed by atoms with Crippen LogP contribution < -0.4 is 19.5 Å². The van der Waals surface area contributed by atoms with E-state index >= 15 is 0 Å². The number of carboxylic acids is 1. The molecule has 176 valence electrons. The molecule has 0 aliphatic carbocycles. The SMILES string of the molecule is CCCNC(=O)CN1C[C@H](c2ccc3c(c2)OCCO3)[C@H](C(=O)O)[C@H]1c1ccc(OC)cc1. The summed E-state index contributed by atoms with van der Waals surface area (Å²) in [4.78, 5) is 27.1. The van der Waals surface area contributed by atoms with E-state index in [2.05, 4.69) is 5.32 Å². The molecule has 4 rings (SSSR count). The summed E-state index contributed by atoms with van der Waals surface area (Å²) in [5.41, 5.74) is 1.70. The zero-order valence-electron chi connectivity index (χ0n) is 19.0. The van der Waals surface area contributed by atoms with Crippen molar-refractivity contribution in [3.05, 3.63) is 53.6 Å². The Morgan fingerprint density at radius 3 is 2.45 bits per heavy atom. The van der Waals surface area contributed by atoms with Gasteiger partial charge in [-0.1, -0.05) is 25.1 Å². The quantitative estimate of drug-likeness (QED) is 0.633. The van der Waals surface area contributed by atoms with Gasteiger partial charge in [0.25, 0.3) is 0 Å². The molecule has 0 spiro atoms. The third-order valence-electron chi connectivity index (χ3n) is 6.25. The van der Waals surface area contributed by atoms with Gasteiger partial charge < -0.3 is 24.6 Å². The average molecular weight is 455 g/mol. The van der Waals surface area contributed by atoms with Crippen LogP contribution in [0.5, 0.6) is 17.2 Å². The van der Waals surface area contributed by atoms with Crippen molar-refractivity contribution >= 4 is 11.9 Å². The van der Waals surface area contributed by atoms with E-state index in [0.29, 0.717) is 43.6 Å². The van der Waals surface area contributed by atoms with E-state index in [-0.39, 0.29) is 18.4 Å². The minimum Gasteiger partial charge on any atom is -0.497 e. The molecule has 0 bridgehead atoms. The van der Waals surface area contributed by atoms with Crippen molar-refractivity contribution in [2.45, 2.75) is 25.3 Å². The standard InChI is InChI=1S/C25H30N2O6/c1-3-10-26-22(28)15-27-14-19(17-6-9-20-21(13-17)33-12-11-32-20)23(25(29)30)24(27)16-4-7-18(31-2)8-5-16/h4-9,13,19,23-24H,3,10-12,14-15H2,1-2H3,(H,26,28)(H,29,30)/t19-,23+,24-/m1/s1. The zero-order chi connectivity index (χ0) is 23.4. The summed E-state index contributed by atoms with van der Waals surface area (Å²) < 4.78 is 16.6. The molecule has 2 aromatic rings. The number of nitrogens with zero attached hydrogens (tertiary/aromatic N) is 1. The van der Waals surface area contributed by atoms with Crippen LogP contribution in [0.4, 0.5) is 0 Å². The number of hydrogen-bond donors (Lipinski definition) is 2. The maximum Gasteiger partial charge on any atom is 0.309 e. The molecular weight excluding hydrogens is 424 g/mol. The number of benzene rings is 2. The third-order valence-corrected chi connectivity index (χ3v) is 6.25. The lowest BCUT2D eigenvalue weighted by molar-refractivity contribution is -0.143. The van der Waals surface area contributed by atoms with Gasteiger partial charge in [-0.25, -0.2) is 0 Å². The Hall–Kier alpha value is -3.26. The lowest BCUT2D eigenvalue weighted by atomic mass is 9.82. The number of aliphatic carboxylic acids is 1. The fourth-order valence-electron chi connectivity index (χ4n) is 4.72. The molecule has 1 fully saturated rings. The van der Waals surface area contributed by atoms with Crippen LogP contribution in [0.15, 0.2) is 42.5 Å². The number of fused-ring (bicyclic) bond motifs is 1. The van der Waals surface area contributed by atoms with Crippen molar-refractivity contribution in [1.82, 2.24) is 10.2 Å². The molecule has 8 nitrogen and oxygen atoms in total. The maximum absolute atomic E-state index is 12.6. The molecule has 0 aromatic heterocycles. The van der Waals surface area contributed by atoms with E-state index in [9.17, 15) is 14.7 Å². The average Bonchev–Trinajstić information content (AvgIpc) is 3.21. The molecule has 2 heterocycles. The summed E-state index contributed by atoms with van der Waals surface area (Å²) in [6.07, 6.45) is 0.839. The summed E-state index contributed by atoms with van der Waals surface area (Å²) in [5.74, 6) is -0.0709. The minimum atomic E-state index is -0.896. The molecule has 0 radical (unpaired) electrons. The van der Waals surface area contributed by atoms with Gasteiger partial charge in [0.1, 0.15) is 19.0 Å². The summed E-state index contributed by atoms with van der Waals surface area (Å²) >= 11 is 0. The number of hydrogen-bond acceptors (Lipinski definition) is 6. The van der Waals surface area contributed by atoms with Gasteiger partial charge in [0.05, 0.1) is 19.6 Å². The van der Waals surface area contributed by atoms with Gasteiger partial charge in [0.2, 0.25) is 5.91 Å². The lowest BCUT2D eigenvalue weighted by Gasteiger charge is -2.27. The summed E-state index contributed by atoms with van der Waals surface area (Å²) in [5, 5.41) is 13.2. The van der Waals surface area contributed by atoms with Gasteiger partial charge in [-0.3, -0.25) is 14.5 Å². The zero-order valence-corrected chi connectivity index (χ0v) is 19.0. The van der Waals surface area contributed by atoms with Gasteiger partial charge in [-0.15, -0.1) is 0 Å². The van der Waals surface area contributed by atoms with E-state index in [0.717, 1.165) is 17.5 Å². The molecule has 8 heteroatoms. The first-order valence-corrected chi connectivity index (χ1v) is 11.3. The Labute approximate surface area is 193 Å². The highest BCUT2D eigenvalue weighted by atomic mass is 16.6. The molecule has 3 atom stereocenters. The Morgan fingerprint density at radius 1 is 1.09 bits per heavy atom. The number of nitrogens with one attached hydrogen (secondary N) is 1. The smallest absolute Gasteiger partial charge is 0.309 e. The largest absolute Gasteiger partial charge is 0.497 e. The Balaban J connectivity index is 1.69. The fraction of sp³-hybridized carbons (Fsp3) is 0.440. The van der Waals surface area contributed by atoms with E-state index in [1.54, 1.807) is 7.11 Å². The minimum absolute atomic E-state index is 0.109. The number of carbonyl (C=O) groups is 2. The van der Waals surface area contributed by atoms with E-state index in [1.165, 1.54) is 0 Å². The molecule has 2 N–H and O–H groups in total. The first-order valence-electron chi connectivity index (χ1n) is 11.3. The molecule has 1 amide bonds. The summed E-state index contributed by atoms with van der Waals surface area (Å²) in [6.45, 7) is 4.10. The van der Waals surface area contributed by atoms with Gasteiger partial charge in [0.15, 0.2) is 11.5 Å². The van der Waals surface area contributed by atoms with Gasteiger partial charge in [0, 0.05) is 25.0 Å². The van der Waals surface area contributed by atoms with Crippen molar-refractivity contribution in [3.8, 4) is 17.2 Å². The molecular formula is C25H30N2O6. The highest BCUT2D eigenvalue weighted by Crippen LogP contribution is 2.47. The maximum atomic E-state index is 12.6. The van der Waals surface area contributed by atoms with Crippen LogP contribution in [0.1, 0.15) is 36.4 Å². The fourth-order valence-corrected chi connectivity index (χ4v) is 4.72. The van der Waals surface area contributed by atoms with Crippen molar-refractivity contribution in [1.29, 1.82) is 0 Å². The number of rotatable bonds is 8. The number of amides is 1. The van der Waals surface area contributed by atoms with Crippen molar-refractivity contribution in [2.75, 3.05) is 40.0 Å². The van der Waals surface area contributed by atoms with Gasteiger partial charge in [-0.05, 0) is 41.8 Å². The lowest BCUT2D eigenvalue weighted by Crippen LogP contribution is -2.38. The van der Waals surface area contributed by atoms with Crippen LogP contribution in [0.25, 0.3) is 0 Å². The topological polar surface area (TPSA) is 97.3 Å². The number of carboxylic acid groups (broad SMARTS) is 1. The predicted octanol–water partition coefficient (Wildman–Crippen LogP) is 2.83. The van der Waals surface area contributed by atoms with Gasteiger partial charge >= 0.3 is 5.97 Å².